The Labute approximate surface area is 71.0 Å². The van der Waals surface area contributed by atoms with Gasteiger partial charge in [0.15, 0.2) is 0 Å². The number of ether oxygens (including phenoxy) is 1. The molecule has 2 nitrogen and oxygen atoms in total. The van der Waals surface area contributed by atoms with Gasteiger partial charge in [0.1, 0.15) is 0 Å². The molecule has 1 fully saturated rings. The monoisotopic (exact) mass is 172 g/mol. The molecule has 0 radical (unpaired) electrons. The molecule has 11 heavy (non-hydrogen) atoms. The van der Waals surface area contributed by atoms with Crippen molar-refractivity contribution in [3.8, 4) is 0 Å². The Balaban J connectivity index is 2.30. The lowest BCUT2D eigenvalue weighted by atomic mass is 10.1. The molecule has 0 aromatic carbocycles. The number of cyclic esters (lactones) is 1. The van der Waals surface area contributed by atoms with Crippen LogP contribution < -0.4 is 0 Å². The van der Waals surface area contributed by atoms with Crippen molar-refractivity contribution in [3.63, 3.8) is 0 Å². The summed E-state index contributed by atoms with van der Waals surface area (Å²) in [7, 11) is 0. The van der Waals surface area contributed by atoms with E-state index in [4.69, 9.17) is 4.74 Å². The topological polar surface area (TPSA) is 26.3 Å². The predicted octanol–water partition coefficient (Wildman–Crippen LogP) is 1.82. The number of carbonyl (C=O) groups is 1. The molecular formula is C8H12O2S. The Morgan fingerprint density at radius 1 is 1.82 bits per heavy atom. The minimum absolute atomic E-state index is 0.0223. The van der Waals surface area contributed by atoms with E-state index in [0.29, 0.717) is 6.61 Å². The second-order valence-electron chi connectivity index (χ2n) is 2.35. The van der Waals surface area contributed by atoms with Crippen molar-refractivity contribution in [2.24, 2.45) is 5.92 Å². The lowest BCUT2D eigenvalue weighted by Gasteiger charge is -1.94. The molecule has 0 aliphatic carbocycles. The van der Waals surface area contributed by atoms with E-state index in [-0.39, 0.29) is 11.9 Å². The van der Waals surface area contributed by atoms with Crippen molar-refractivity contribution in [1.82, 2.24) is 0 Å². The average molecular weight is 172 g/mol. The molecule has 1 heterocycles. The van der Waals surface area contributed by atoms with Crippen LogP contribution in [-0.2, 0) is 9.53 Å². The minimum Gasteiger partial charge on any atom is -0.465 e. The normalized spacial score (nSPS) is 24.5. The molecule has 0 spiro atoms. The summed E-state index contributed by atoms with van der Waals surface area (Å²) in [5.74, 6) is 1.00. The number of hydrogen-bond acceptors (Lipinski definition) is 3. The lowest BCUT2D eigenvalue weighted by Crippen LogP contribution is -2.03. The van der Waals surface area contributed by atoms with Crippen molar-refractivity contribution in [3.05, 3.63) is 11.5 Å². The molecule has 0 bridgehead atoms. The van der Waals surface area contributed by atoms with Crippen molar-refractivity contribution < 1.29 is 9.53 Å². The Bertz CT molecular complexity index is 165. The predicted molar refractivity (Wildman–Crippen MR) is 46.3 cm³/mol. The Morgan fingerprint density at radius 2 is 2.64 bits per heavy atom. The first-order chi connectivity index (χ1) is 5.34. The summed E-state index contributed by atoms with van der Waals surface area (Å²) >= 11 is 1.71. The summed E-state index contributed by atoms with van der Waals surface area (Å²) in [5.41, 5.74) is 0. The lowest BCUT2D eigenvalue weighted by molar-refractivity contribution is -0.140. The summed E-state index contributed by atoms with van der Waals surface area (Å²) in [6, 6.07) is 0. The zero-order valence-corrected chi connectivity index (χ0v) is 7.39. The van der Waals surface area contributed by atoms with Gasteiger partial charge in [-0.3, -0.25) is 4.79 Å². The third kappa shape index (κ3) is 2.58. The Kier molecular flexibility index (Phi) is 3.49. The van der Waals surface area contributed by atoms with Crippen LogP contribution in [0, 0.1) is 5.92 Å². The van der Waals surface area contributed by atoms with Gasteiger partial charge in [0.05, 0.1) is 12.5 Å². The van der Waals surface area contributed by atoms with Crippen molar-refractivity contribution in [2.75, 3.05) is 12.4 Å². The van der Waals surface area contributed by atoms with Gasteiger partial charge < -0.3 is 4.74 Å². The molecule has 0 aromatic heterocycles. The zero-order valence-electron chi connectivity index (χ0n) is 6.58. The third-order valence-electron chi connectivity index (χ3n) is 1.55. The van der Waals surface area contributed by atoms with E-state index in [2.05, 4.69) is 6.92 Å². The molecule has 1 aliphatic heterocycles. The van der Waals surface area contributed by atoms with Crippen LogP contribution in [0.2, 0.25) is 0 Å². The molecule has 62 valence electrons. The van der Waals surface area contributed by atoms with Crippen LogP contribution in [0.4, 0.5) is 0 Å². The van der Waals surface area contributed by atoms with E-state index in [1.807, 2.05) is 11.5 Å². The van der Waals surface area contributed by atoms with Gasteiger partial charge >= 0.3 is 5.97 Å². The molecule has 0 N–H and O–H groups in total. The van der Waals surface area contributed by atoms with E-state index in [0.717, 1.165) is 12.2 Å². The van der Waals surface area contributed by atoms with Crippen LogP contribution >= 0.6 is 11.8 Å². The number of esters is 1. The molecular weight excluding hydrogens is 160 g/mol. The molecule has 3 heteroatoms. The van der Waals surface area contributed by atoms with E-state index < -0.39 is 0 Å². The smallest absolute Gasteiger partial charge is 0.312 e. The SMILES string of the molecule is CCS/C=C/C1CCOC1=O. The molecule has 1 atom stereocenters. The van der Waals surface area contributed by atoms with Gasteiger partial charge in [-0.15, -0.1) is 11.8 Å². The second-order valence-corrected chi connectivity index (χ2v) is 3.53. The van der Waals surface area contributed by atoms with Gasteiger partial charge in [0, 0.05) is 0 Å². The van der Waals surface area contributed by atoms with Crippen LogP contribution in [0.1, 0.15) is 13.3 Å². The maximum absolute atomic E-state index is 10.9. The van der Waals surface area contributed by atoms with Gasteiger partial charge in [-0.25, -0.2) is 0 Å². The van der Waals surface area contributed by atoms with E-state index in [9.17, 15) is 4.79 Å². The van der Waals surface area contributed by atoms with Gasteiger partial charge in [0.2, 0.25) is 0 Å². The van der Waals surface area contributed by atoms with Crippen molar-refractivity contribution in [2.45, 2.75) is 13.3 Å². The highest BCUT2D eigenvalue weighted by molar-refractivity contribution is 8.02. The molecule has 1 unspecified atom stereocenters. The Morgan fingerprint density at radius 3 is 3.18 bits per heavy atom. The number of carbonyl (C=O) groups excluding carboxylic acids is 1. The summed E-state index contributed by atoms with van der Waals surface area (Å²) in [6.07, 6.45) is 2.78. The fourth-order valence-electron chi connectivity index (χ4n) is 0.933. The van der Waals surface area contributed by atoms with Crippen molar-refractivity contribution >= 4 is 17.7 Å². The minimum atomic E-state index is -0.0713. The second kappa shape index (κ2) is 4.44. The van der Waals surface area contributed by atoms with Gasteiger partial charge in [0.25, 0.3) is 0 Å². The van der Waals surface area contributed by atoms with Gasteiger partial charge in [-0.1, -0.05) is 13.0 Å². The summed E-state index contributed by atoms with van der Waals surface area (Å²) in [4.78, 5) is 10.9. The number of thioether (sulfide) groups is 1. The fourth-order valence-corrected chi connectivity index (χ4v) is 1.43. The molecule has 0 saturated carbocycles. The first-order valence-corrected chi connectivity index (χ1v) is 4.84. The van der Waals surface area contributed by atoms with Crippen LogP contribution in [0.5, 0.6) is 0 Å². The quantitative estimate of drug-likeness (QED) is 0.607. The van der Waals surface area contributed by atoms with Crippen LogP contribution in [0.25, 0.3) is 0 Å². The zero-order chi connectivity index (χ0) is 8.10. The molecule has 0 amide bonds. The highest BCUT2D eigenvalue weighted by Crippen LogP contribution is 2.17. The number of hydrogen-bond donors (Lipinski definition) is 0. The summed E-state index contributed by atoms with van der Waals surface area (Å²) in [6.45, 7) is 2.67. The average Bonchev–Trinajstić information content (AvgIpc) is 2.37. The van der Waals surface area contributed by atoms with Gasteiger partial charge in [-0.05, 0) is 17.6 Å². The molecule has 1 rings (SSSR count). The largest absolute Gasteiger partial charge is 0.465 e. The first kappa shape index (κ1) is 8.65. The van der Waals surface area contributed by atoms with E-state index >= 15 is 0 Å². The van der Waals surface area contributed by atoms with Crippen molar-refractivity contribution in [1.29, 1.82) is 0 Å². The maximum atomic E-state index is 10.9. The summed E-state index contributed by atoms with van der Waals surface area (Å²) < 4.78 is 4.80. The summed E-state index contributed by atoms with van der Waals surface area (Å²) in [5, 5.41) is 1.98. The third-order valence-corrected chi connectivity index (χ3v) is 2.23. The highest BCUT2D eigenvalue weighted by Gasteiger charge is 2.23. The van der Waals surface area contributed by atoms with Gasteiger partial charge in [-0.2, -0.15) is 0 Å². The van der Waals surface area contributed by atoms with Crippen LogP contribution in [-0.4, -0.2) is 18.3 Å². The number of rotatable bonds is 3. The molecule has 0 aromatic rings. The Hall–Kier alpha value is -0.440. The highest BCUT2D eigenvalue weighted by atomic mass is 32.2. The first-order valence-electron chi connectivity index (χ1n) is 3.79. The van der Waals surface area contributed by atoms with Crippen LogP contribution in [0.15, 0.2) is 11.5 Å². The maximum Gasteiger partial charge on any atom is 0.312 e. The van der Waals surface area contributed by atoms with Crippen LogP contribution in [0.3, 0.4) is 0 Å². The van der Waals surface area contributed by atoms with E-state index in [1.165, 1.54) is 0 Å². The van der Waals surface area contributed by atoms with E-state index in [1.54, 1.807) is 11.8 Å². The molecule has 1 aliphatic rings. The fraction of sp³-hybridized carbons (Fsp3) is 0.625. The standard InChI is InChI=1S/C8H12O2S/c1-2-11-6-4-7-3-5-10-8(7)9/h4,6-7H,2-3,5H2,1H3/b6-4+. The molecule has 1 saturated heterocycles.